The van der Waals surface area contributed by atoms with Gasteiger partial charge in [-0.05, 0) is 117 Å². The third-order valence-corrected chi connectivity index (χ3v) is 9.84. The molecule has 0 bridgehead atoms. The molecule has 0 fully saturated rings. The van der Waals surface area contributed by atoms with Gasteiger partial charge in [0.1, 0.15) is 0 Å². The Labute approximate surface area is 305 Å². The van der Waals surface area contributed by atoms with Crippen molar-refractivity contribution in [1.82, 2.24) is 4.57 Å². The first-order valence-electron chi connectivity index (χ1n) is 17.8. The lowest BCUT2D eigenvalue weighted by Crippen LogP contribution is -2.09. The minimum absolute atomic E-state index is 1.11. The molecule has 9 aromatic rings. The molecule has 0 amide bonds. The van der Waals surface area contributed by atoms with E-state index >= 15 is 0 Å². The van der Waals surface area contributed by atoms with Gasteiger partial charge in [0.25, 0.3) is 0 Å². The van der Waals surface area contributed by atoms with E-state index in [9.17, 15) is 0 Å². The summed E-state index contributed by atoms with van der Waals surface area (Å²) >= 11 is 0. The van der Waals surface area contributed by atoms with Crippen molar-refractivity contribution >= 4 is 28.0 Å². The topological polar surface area (TPSA) is 8.17 Å². The summed E-state index contributed by atoms with van der Waals surface area (Å²) in [4.78, 5) is 2.32. The van der Waals surface area contributed by atoms with Crippen LogP contribution in [0, 0.1) is 0 Å². The number of fused-ring (bicyclic) bond motifs is 1. The summed E-state index contributed by atoms with van der Waals surface area (Å²) < 4.78 is 2.26. The molecule has 0 radical (unpaired) electrons. The first-order valence-corrected chi connectivity index (χ1v) is 17.8. The van der Waals surface area contributed by atoms with Gasteiger partial charge in [0, 0.05) is 34.3 Å². The predicted octanol–water partition coefficient (Wildman–Crippen LogP) is 13.8. The summed E-state index contributed by atoms with van der Waals surface area (Å²) in [7, 11) is 0. The Balaban J connectivity index is 0.971. The number of para-hydroxylation sites is 1. The monoisotopic (exact) mass is 664 g/mol. The molecule has 0 aliphatic heterocycles. The summed E-state index contributed by atoms with van der Waals surface area (Å²) in [5.41, 5.74) is 15.4. The van der Waals surface area contributed by atoms with Crippen LogP contribution in [0.25, 0.3) is 61.1 Å². The lowest BCUT2D eigenvalue weighted by molar-refractivity contribution is 1.13. The average molecular weight is 665 g/mol. The number of anilines is 3. The van der Waals surface area contributed by atoms with Crippen LogP contribution in [0.2, 0.25) is 0 Å². The highest BCUT2D eigenvalue weighted by molar-refractivity contribution is 5.87. The van der Waals surface area contributed by atoms with Gasteiger partial charge in [-0.1, -0.05) is 140 Å². The lowest BCUT2D eigenvalue weighted by Gasteiger charge is -2.26. The van der Waals surface area contributed by atoms with Crippen molar-refractivity contribution in [3.63, 3.8) is 0 Å². The first kappa shape index (κ1) is 31.1. The summed E-state index contributed by atoms with van der Waals surface area (Å²) in [5.74, 6) is 0. The molecule has 8 aromatic carbocycles. The Morgan fingerprint density at radius 1 is 0.288 bits per heavy atom. The number of nitrogens with zero attached hydrogens (tertiary/aromatic N) is 2. The SMILES string of the molecule is c1ccc(-c2cccc(-c3ccc(N(c4ccccc4)c4ccc(-c5ccc(-n6ccc7cc(-c8ccccc8)ccc76)cc5)cc4)cc3)c2)cc1. The van der Waals surface area contributed by atoms with E-state index in [0.717, 1.165) is 22.7 Å². The van der Waals surface area contributed by atoms with Gasteiger partial charge in [-0.15, -0.1) is 0 Å². The van der Waals surface area contributed by atoms with Crippen LogP contribution in [-0.4, -0.2) is 4.57 Å². The van der Waals surface area contributed by atoms with Crippen LogP contribution in [-0.2, 0) is 0 Å². The number of benzene rings is 8. The number of hydrogen-bond donors (Lipinski definition) is 0. The van der Waals surface area contributed by atoms with Crippen LogP contribution in [0.1, 0.15) is 0 Å². The Morgan fingerprint density at radius 3 is 1.25 bits per heavy atom. The fraction of sp³-hybridized carbons (Fsp3) is 0. The van der Waals surface area contributed by atoms with Gasteiger partial charge in [-0.3, -0.25) is 0 Å². The van der Waals surface area contributed by atoms with Crippen LogP contribution in [0.3, 0.4) is 0 Å². The number of aromatic nitrogens is 1. The second-order valence-corrected chi connectivity index (χ2v) is 13.1. The zero-order valence-corrected chi connectivity index (χ0v) is 28.7. The van der Waals surface area contributed by atoms with Gasteiger partial charge in [0.15, 0.2) is 0 Å². The van der Waals surface area contributed by atoms with Crippen molar-refractivity contribution in [3.8, 4) is 50.2 Å². The maximum atomic E-state index is 2.32. The van der Waals surface area contributed by atoms with Crippen molar-refractivity contribution in [2.75, 3.05) is 4.90 Å². The van der Waals surface area contributed by atoms with Crippen molar-refractivity contribution in [2.24, 2.45) is 0 Å². The minimum atomic E-state index is 1.11. The van der Waals surface area contributed by atoms with E-state index < -0.39 is 0 Å². The summed E-state index contributed by atoms with van der Waals surface area (Å²) in [6.45, 7) is 0. The fourth-order valence-electron chi connectivity index (χ4n) is 7.13. The van der Waals surface area contributed by atoms with E-state index in [0.29, 0.717) is 0 Å². The standard InChI is InChI=1S/C50H36N2/c1-4-11-37(12-5-1)42-15-10-16-43(35-42)41-23-30-49(31-24-41)52(47-17-8-3-9-18-47)48-28-21-40(22-29-48)39-19-26-46(27-20-39)51-34-33-45-36-44(25-32-50(45)51)38-13-6-2-7-14-38/h1-36H. The molecule has 0 saturated heterocycles. The lowest BCUT2D eigenvalue weighted by atomic mass is 9.99. The third kappa shape index (κ3) is 6.19. The molecule has 0 saturated carbocycles. The predicted molar refractivity (Wildman–Crippen MR) is 220 cm³/mol. The molecular weight excluding hydrogens is 629 g/mol. The van der Waals surface area contributed by atoms with Gasteiger partial charge in [0.2, 0.25) is 0 Å². The van der Waals surface area contributed by atoms with E-state index in [-0.39, 0.29) is 0 Å². The highest BCUT2D eigenvalue weighted by atomic mass is 15.1. The second-order valence-electron chi connectivity index (χ2n) is 13.1. The zero-order chi connectivity index (χ0) is 34.7. The molecule has 0 aliphatic rings. The van der Waals surface area contributed by atoms with E-state index in [1.807, 2.05) is 0 Å². The van der Waals surface area contributed by atoms with Gasteiger partial charge in [0.05, 0.1) is 5.52 Å². The van der Waals surface area contributed by atoms with E-state index in [1.165, 1.54) is 55.4 Å². The van der Waals surface area contributed by atoms with E-state index in [1.54, 1.807) is 0 Å². The van der Waals surface area contributed by atoms with Crippen molar-refractivity contribution in [1.29, 1.82) is 0 Å². The Morgan fingerprint density at radius 2 is 0.692 bits per heavy atom. The van der Waals surface area contributed by atoms with Crippen molar-refractivity contribution in [3.05, 3.63) is 219 Å². The Hall–Kier alpha value is -6.90. The van der Waals surface area contributed by atoms with Gasteiger partial charge in [-0.25, -0.2) is 0 Å². The molecule has 0 N–H and O–H groups in total. The number of hydrogen-bond acceptors (Lipinski definition) is 1. The molecule has 1 aromatic heterocycles. The van der Waals surface area contributed by atoms with Crippen LogP contribution in [0.5, 0.6) is 0 Å². The molecule has 0 aliphatic carbocycles. The van der Waals surface area contributed by atoms with Crippen LogP contribution < -0.4 is 4.90 Å². The molecule has 2 nitrogen and oxygen atoms in total. The molecular formula is C50H36N2. The van der Waals surface area contributed by atoms with E-state index in [2.05, 4.69) is 228 Å². The van der Waals surface area contributed by atoms with Crippen molar-refractivity contribution in [2.45, 2.75) is 0 Å². The summed E-state index contributed by atoms with van der Waals surface area (Å²) in [6, 6.07) is 76.0. The first-order chi connectivity index (χ1) is 25.8. The largest absolute Gasteiger partial charge is 0.317 e. The molecule has 1 heterocycles. The smallest absolute Gasteiger partial charge is 0.0528 e. The third-order valence-electron chi connectivity index (χ3n) is 9.84. The molecule has 52 heavy (non-hydrogen) atoms. The Bertz CT molecular complexity index is 2570. The van der Waals surface area contributed by atoms with Gasteiger partial charge >= 0.3 is 0 Å². The van der Waals surface area contributed by atoms with Crippen LogP contribution in [0.4, 0.5) is 17.1 Å². The van der Waals surface area contributed by atoms with Crippen LogP contribution in [0.15, 0.2) is 219 Å². The maximum Gasteiger partial charge on any atom is 0.0528 e. The average Bonchev–Trinajstić information content (AvgIpc) is 3.66. The molecule has 246 valence electrons. The highest BCUT2D eigenvalue weighted by Crippen LogP contribution is 2.37. The minimum Gasteiger partial charge on any atom is -0.317 e. The summed E-state index contributed by atoms with van der Waals surface area (Å²) in [6.07, 6.45) is 2.16. The second kappa shape index (κ2) is 13.8. The zero-order valence-electron chi connectivity index (χ0n) is 28.7. The quantitative estimate of drug-likeness (QED) is 0.157. The maximum absolute atomic E-state index is 2.32. The summed E-state index contributed by atoms with van der Waals surface area (Å²) in [5, 5.41) is 1.23. The highest BCUT2D eigenvalue weighted by Gasteiger charge is 2.14. The fourth-order valence-corrected chi connectivity index (χ4v) is 7.13. The van der Waals surface area contributed by atoms with Gasteiger partial charge < -0.3 is 9.47 Å². The van der Waals surface area contributed by atoms with Crippen molar-refractivity contribution < 1.29 is 0 Å². The van der Waals surface area contributed by atoms with Gasteiger partial charge in [-0.2, -0.15) is 0 Å². The molecule has 0 atom stereocenters. The molecule has 0 unspecified atom stereocenters. The van der Waals surface area contributed by atoms with Crippen LogP contribution >= 0.6 is 0 Å². The number of rotatable bonds is 8. The molecule has 9 rings (SSSR count). The normalized spacial score (nSPS) is 11.1. The van der Waals surface area contributed by atoms with E-state index in [4.69, 9.17) is 0 Å². The molecule has 0 spiro atoms. The molecule has 2 heteroatoms. The Kier molecular flexibility index (Phi) is 8.24.